The van der Waals surface area contributed by atoms with Crippen LogP contribution in [0.4, 0.5) is 0 Å². The first-order chi connectivity index (χ1) is 13.1. The van der Waals surface area contributed by atoms with Crippen LogP contribution in [0.3, 0.4) is 0 Å². The molecule has 136 valence electrons. The Morgan fingerprint density at radius 3 is 1.93 bits per heavy atom. The molecular formula is C25H26N2. The standard InChI is InChI=1S/C25H26N2/c1-18(2)21-13-10-14-22(19(3)4)25(21)27-17-26(20-11-6-5-7-12-20)23-15-8-9-16-24(23)27/h5-16,18-19H,1-4H3. The Bertz CT molecular complexity index is 1050. The van der Waals surface area contributed by atoms with Gasteiger partial charge >= 0.3 is 0 Å². The Morgan fingerprint density at radius 1 is 0.704 bits per heavy atom. The van der Waals surface area contributed by atoms with Crippen molar-refractivity contribution in [3.05, 3.63) is 90.3 Å². The minimum absolute atomic E-state index is 0.443. The zero-order valence-corrected chi connectivity index (χ0v) is 16.5. The Balaban J connectivity index is 2.07. The summed E-state index contributed by atoms with van der Waals surface area (Å²) < 4.78 is 4.42. The molecule has 0 aliphatic heterocycles. The molecule has 4 rings (SSSR count). The molecule has 4 aromatic rings. The van der Waals surface area contributed by atoms with E-state index in [2.05, 4.69) is 110 Å². The fourth-order valence-electron chi connectivity index (χ4n) is 3.76. The maximum Gasteiger partial charge on any atom is 0.269 e. The molecule has 0 amide bonds. The van der Waals surface area contributed by atoms with Gasteiger partial charge in [0.15, 0.2) is 0 Å². The largest absolute Gasteiger partial charge is 0.292 e. The van der Waals surface area contributed by atoms with Crippen molar-refractivity contribution in [1.29, 1.82) is 0 Å². The van der Waals surface area contributed by atoms with Crippen LogP contribution in [0.25, 0.3) is 22.4 Å². The van der Waals surface area contributed by atoms with Crippen molar-refractivity contribution in [2.24, 2.45) is 0 Å². The normalized spacial score (nSPS) is 11.6. The number of aromatic nitrogens is 2. The predicted molar refractivity (Wildman–Crippen MR) is 112 cm³/mol. The summed E-state index contributed by atoms with van der Waals surface area (Å²) in [6.45, 7) is 9.06. The van der Waals surface area contributed by atoms with Crippen molar-refractivity contribution in [2.45, 2.75) is 39.5 Å². The molecular weight excluding hydrogens is 328 g/mol. The summed E-state index contributed by atoms with van der Waals surface area (Å²) in [6.07, 6.45) is 3.65. The zero-order chi connectivity index (χ0) is 19.0. The molecule has 0 unspecified atom stereocenters. The van der Waals surface area contributed by atoms with Crippen LogP contribution in [-0.2, 0) is 0 Å². The third-order valence-corrected chi connectivity index (χ3v) is 5.14. The molecule has 0 bridgehead atoms. The second kappa shape index (κ2) is 7.03. The van der Waals surface area contributed by atoms with E-state index in [9.17, 15) is 0 Å². The van der Waals surface area contributed by atoms with Gasteiger partial charge in [0.05, 0.1) is 22.4 Å². The van der Waals surface area contributed by atoms with Crippen LogP contribution in [-0.4, -0.2) is 4.57 Å². The highest BCUT2D eigenvalue weighted by atomic mass is 15.1. The zero-order valence-electron chi connectivity index (χ0n) is 16.5. The highest BCUT2D eigenvalue weighted by Gasteiger charge is 2.19. The Morgan fingerprint density at radius 2 is 1.30 bits per heavy atom. The van der Waals surface area contributed by atoms with Crippen LogP contribution < -0.4 is 4.57 Å². The third kappa shape index (κ3) is 3.06. The molecule has 0 aliphatic rings. The van der Waals surface area contributed by atoms with Crippen LogP contribution in [0.1, 0.15) is 50.7 Å². The summed E-state index contributed by atoms with van der Waals surface area (Å²) in [5.74, 6) is 0.886. The van der Waals surface area contributed by atoms with Crippen molar-refractivity contribution in [3.8, 4) is 11.4 Å². The van der Waals surface area contributed by atoms with Crippen molar-refractivity contribution in [2.75, 3.05) is 0 Å². The maximum atomic E-state index is 3.65. The molecule has 0 saturated carbocycles. The molecule has 0 fully saturated rings. The Labute approximate surface area is 161 Å². The lowest BCUT2D eigenvalue weighted by atomic mass is 9.92. The lowest BCUT2D eigenvalue weighted by molar-refractivity contribution is -0.573. The summed E-state index contributed by atoms with van der Waals surface area (Å²) in [5, 5.41) is 0. The molecule has 1 aromatic heterocycles. The second-order valence-electron chi connectivity index (χ2n) is 7.69. The van der Waals surface area contributed by atoms with Gasteiger partial charge in [0.1, 0.15) is 0 Å². The molecule has 2 nitrogen and oxygen atoms in total. The number of fused-ring (bicyclic) bond motifs is 1. The minimum Gasteiger partial charge on any atom is -0.292 e. The van der Waals surface area contributed by atoms with Crippen molar-refractivity contribution >= 4 is 11.0 Å². The quantitative estimate of drug-likeness (QED) is 0.316. The number of hydrogen-bond acceptors (Lipinski definition) is 0. The van der Waals surface area contributed by atoms with E-state index >= 15 is 0 Å². The highest BCUT2D eigenvalue weighted by Crippen LogP contribution is 2.29. The summed E-state index contributed by atoms with van der Waals surface area (Å²) in [4.78, 5) is 0. The van der Waals surface area contributed by atoms with Gasteiger partial charge in [0, 0.05) is 0 Å². The average molecular weight is 354 g/mol. The van der Waals surface area contributed by atoms with Gasteiger partial charge < -0.3 is 0 Å². The van der Waals surface area contributed by atoms with Gasteiger partial charge in [-0.25, -0.2) is 0 Å². The Kier molecular flexibility index (Phi) is 4.57. The van der Waals surface area contributed by atoms with Gasteiger partial charge in [-0.2, -0.15) is 0 Å². The van der Waals surface area contributed by atoms with Crippen LogP contribution in [0, 0.1) is 6.33 Å². The predicted octanol–water partition coefficient (Wildman–Crippen LogP) is 5.95. The average Bonchev–Trinajstić information content (AvgIpc) is 3.07. The van der Waals surface area contributed by atoms with Gasteiger partial charge in [-0.1, -0.05) is 88.4 Å². The van der Waals surface area contributed by atoms with E-state index in [0.717, 1.165) is 11.2 Å². The van der Waals surface area contributed by atoms with Gasteiger partial charge in [0.2, 0.25) is 0 Å². The van der Waals surface area contributed by atoms with Gasteiger partial charge in [-0.05, 0) is 35.1 Å². The molecule has 0 N–H and O–H groups in total. The van der Waals surface area contributed by atoms with Crippen molar-refractivity contribution < 1.29 is 4.57 Å². The van der Waals surface area contributed by atoms with E-state index in [-0.39, 0.29) is 0 Å². The second-order valence-corrected chi connectivity index (χ2v) is 7.69. The summed E-state index contributed by atoms with van der Waals surface area (Å²) in [7, 11) is 0. The monoisotopic (exact) mass is 354 g/mol. The number of hydrogen-bond donors (Lipinski definition) is 0. The first kappa shape index (κ1) is 17.5. The number of para-hydroxylation sites is 4. The molecule has 0 atom stereocenters. The van der Waals surface area contributed by atoms with Crippen LogP contribution in [0.5, 0.6) is 0 Å². The third-order valence-electron chi connectivity index (χ3n) is 5.14. The first-order valence-corrected chi connectivity index (χ1v) is 9.71. The van der Waals surface area contributed by atoms with E-state index in [1.807, 2.05) is 6.07 Å². The number of rotatable bonds is 4. The van der Waals surface area contributed by atoms with Gasteiger partial charge in [0.25, 0.3) is 6.33 Å². The van der Waals surface area contributed by atoms with E-state index in [4.69, 9.17) is 0 Å². The van der Waals surface area contributed by atoms with Crippen molar-refractivity contribution in [3.63, 3.8) is 0 Å². The fraction of sp³-hybridized carbons (Fsp3) is 0.240. The van der Waals surface area contributed by atoms with Crippen LogP contribution in [0.15, 0.2) is 72.8 Å². The van der Waals surface area contributed by atoms with E-state index in [0.29, 0.717) is 11.8 Å². The molecule has 0 radical (unpaired) electrons. The molecule has 0 aliphatic carbocycles. The summed E-state index contributed by atoms with van der Waals surface area (Å²) >= 11 is 0. The summed E-state index contributed by atoms with van der Waals surface area (Å²) in [5.41, 5.74) is 7.46. The van der Waals surface area contributed by atoms with Crippen LogP contribution >= 0.6 is 0 Å². The van der Waals surface area contributed by atoms with E-state index in [1.165, 1.54) is 22.3 Å². The minimum atomic E-state index is 0.443. The van der Waals surface area contributed by atoms with Gasteiger partial charge in [-0.15, -0.1) is 0 Å². The number of imidazole rings is 1. The molecule has 3 aromatic carbocycles. The van der Waals surface area contributed by atoms with E-state index in [1.54, 1.807) is 0 Å². The lowest BCUT2D eigenvalue weighted by Gasteiger charge is -2.20. The van der Waals surface area contributed by atoms with E-state index < -0.39 is 0 Å². The molecule has 0 saturated heterocycles. The molecule has 1 heterocycles. The number of nitrogens with zero attached hydrogens (tertiary/aromatic N) is 2. The lowest BCUT2D eigenvalue weighted by Crippen LogP contribution is -2.33. The summed E-state index contributed by atoms with van der Waals surface area (Å²) in [6, 6.07) is 25.7. The molecule has 0 spiro atoms. The first-order valence-electron chi connectivity index (χ1n) is 9.71. The molecule has 2 heteroatoms. The SMILES string of the molecule is CC(C)c1cccc(C(C)C)c1-[n+]1[c-]n(-c2ccccc2)c2ccccc21. The molecule has 27 heavy (non-hydrogen) atoms. The topological polar surface area (TPSA) is 8.81 Å². The van der Waals surface area contributed by atoms with Crippen LogP contribution in [0.2, 0.25) is 0 Å². The Hall–Kier alpha value is -2.87. The maximum absolute atomic E-state index is 3.65. The number of benzene rings is 3. The van der Waals surface area contributed by atoms with Gasteiger partial charge in [-0.3, -0.25) is 9.13 Å². The van der Waals surface area contributed by atoms with Crippen molar-refractivity contribution in [1.82, 2.24) is 4.57 Å². The highest BCUT2D eigenvalue weighted by molar-refractivity contribution is 5.74. The fourth-order valence-corrected chi connectivity index (χ4v) is 3.76. The smallest absolute Gasteiger partial charge is 0.269 e.